The Kier molecular flexibility index (Phi) is 4.95. The number of hydrogen-bond acceptors (Lipinski definition) is 2. The van der Waals surface area contributed by atoms with Crippen LogP contribution in [0.4, 0.5) is 5.69 Å². The first-order chi connectivity index (χ1) is 16.2. The van der Waals surface area contributed by atoms with Gasteiger partial charge in [0.15, 0.2) is 0 Å². The zero-order chi connectivity index (χ0) is 23.6. The average Bonchev–Trinajstić information content (AvgIpc) is 2.74. The molecule has 2 amide bonds. The van der Waals surface area contributed by atoms with Gasteiger partial charge in [-0.2, -0.15) is 0 Å². The predicted octanol–water partition coefficient (Wildman–Crippen LogP) is 6.21. The third-order valence-corrected chi connectivity index (χ3v) is 9.09. The van der Waals surface area contributed by atoms with Gasteiger partial charge < -0.3 is 10.2 Å². The first-order valence-electron chi connectivity index (χ1n) is 13.0. The van der Waals surface area contributed by atoms with Crippen LogP contribution in [0.5, 0.6) is 0 Å². The summed E-state index contributed by atoms with van der Waals surface area (Å²) >= 11 is 0. The van der Waals surface area contributed by atoms with E-state index in [0.717, 1.165) is 34.7 Å². The summed E-state index contributed by atoms with van der Waals surface area (Å²) in [6.45, 7) is 6.22. The summed E-state index contributed by atoms with van der Waals surface area (Å²) in [4.78, 5) is 28.5. The van der Waals surface area contributed by atoms with Crippen LogP contribution >= 0.6 is 0 Å². The van der Waals surface area contributed by atoms with E-state index in [-0.39, 0.29) is 17.2 Å². The molecule has 34 heavy (non-hydrogen) atoms. The van der Waals surface area contributed by atoms with Gasteiger partial charge in [0, 0.05) is 30.8 Å². The number of fused-ring (bicyclic) bond motifs is 1. The maximum Gasteiger partial charge on any atom is 0.254 e. The van der Waals surface area contributed by atoms with E-state index in [1.807, 2.05) is 41.3 Å². The van der Waals surface area contributed by atoms with E-state index in [1.54, 1.807) is 0 Å². The van der Waals surface area contributed by atoms with Gasteiger partial charge in [-0.05, 0) is 90.4 Å². The topological polar surface area (TPSA) is 49.4 Å². The second-order valence-electron chi connectivity index (χ2n) is 12.6. The second kappa shape index (κ2) is 7.69. The van der Waals surface area contributed by atoms with Gasteiger partial charge in [0.2, 0.25) is 5.91 Å². The lowest BCUT2D eigenvalue weighted by Gasteiger charge is -2.65. The fourth-order valence-corrected chi connectivity index (χ4v) is 9.06. The van der Waals surface area contributed by atoms with Crippen LogP contribution < -0.4 is 5.32 Å². The molecule has 4 nitrogen and oxygen atoms in total. The van der Waals surface area contributed by atoms with Gasteiger partial charge in [-0.25, -0.2) is 0 Å². The number of anilines is 1. The fourth-order valence-electron chi connectivity index (χ4n) is 9.06. The van der Waals surface area contributed by atoms with Crippen LogP contribution in [0.2, 0.25) is 0 Å². The van der Waals surface area contributed by atoms with Crippen molar-refractivity contribution in [2.45, 2.75) is 71.8 Å². The summed E-state index contributed by atoms with van der Waals surface area (Å²) < 4.78 is 0. The Labute approximate surface area is 203 Å². The van der Waals surface area contributed by atoms with Gasteiger partial charge in [-0.1, -0.05) is 50.2 Å². The highest BCUT2D eigenvalue weighted by Gasteiger charge is 2.60. The van der Waals surface area contributed by atoms with E-state index in [0.29, 0.717) is 30.3 Å². The molecule has 4 aliphatic carbocycles. The zero-order valence-electron chi connectivity index (χ0n) is 20.5. The summed E-state index contributed by atoms with van der Waals surface area (Å²) in [5.41, 5.74) is 4.68. The van der Waals surface area contributed by atoms with Crippen molar-refractivity contribution in [1.82, 2.24) is 4.90 Å². The Hall–Kier alpha value is -2.62. The largest absolute Gasteiger partial charge is 0.334 e. The molecule has 7 rings (SSSR count). The summed E-state index contributed by atoms with van der Waals surface area (Å²) in [6, 6.07) is 15.9. The van der Waals surface area contributed by atoms with E-state index in [1.165, 1.54) is 38.5 Å². The maximum atomic E-state index is 13.4. The molecule has 4 heteroatoms. The van der Waals surface area contributed by atoms with Crippen LogP contribution in [0.3, 0.4) is 0 Å². The molecule has 0 aromatic heterocycles. The number of amides is 2. The summed E-state index contributed by atoms with van der Waals surface area (Å²) in [6.07, 6.45) is 9.01. The van der Waals surface area contributed by atoms with E-state index < -0.39 is 0 Å². The second-order valence-corrected chi connectivity index (χ2v) is 12.6. The van der Waals surface area contributed by atoms with Crippen molar-refractivity contribution in [2.24, 2.45) is 22.2 Å². The van der Waals surface area contributed by atoms with Gasteiger partial charge in [0.25, 0.3) is 5.91 Å². The van der Waals surface area contributed by atoms with Crippen LogP contribution in [0.15, 0.2) is 48.5 Å². The number of nitrogens with zero attached hydrogens (tertiary/aromatic N) is 1. The van der Waals surface area contributed by atoms with Gasteiger partial charge >= 0.3 is 0 Å². The predicted molar refractivity (Wildman–Crippen MR) is 134 cm³/mol. The molecule has 0 saturated heterocycles. The minimum Gasteiger partial charge on any atom is -0.334 e. The quantitative estimate of drug-likeness (QED) is 0.581. The Balaban J connectivity index is 1.18. The number of benzene rings is 2. The highest BCUT2D eigenvalue weighted by molar-refractivity contribution is 6.00. The van der Waals surface area contributed by atoms with Gasteiger partial charge in [-0.15, -0.1) is 0 Å². The van der Waals surface area contributed by atoms with Crippen molar-refractivity contribution in [2.75, 3.05) is 11.9 Å². The minimum absolute atomic E-state index is 0.0585. The Morgan fingerprint density at radius 2 is 1.71 bits per heavy atom. The number of rotatable bonds is 5. The van der Waals surface area contributed by atoms with Gasteiger partial charge in [0.05, 0.1) is 0 Å². The highest BCUT2D eigenvalue weighted by atomic mass is 16.2. The molecule has 178 valence electrons. The van der Waals surface area contributed by atoms with Crippen LogP contribution in [0.1, 0.15) is 80.3 Å². The first kappa shape index (κ1) is 21.9. The molecule has 4 saturated carbocycles. The fraction of sp³-hybridized carbons (Fsp3) is 0.533. The molecule has 0 spiro atoms. The molecule has 1 N–H and O–H groups in total. The molecule has 4 fully saturated rings. The third-order valence-electron chi connectivity index (χ3n) is 9.09. The van der Waals surface area contributed by atoms with Crippen molar-refractivity contribution in [1.29, 1.82) is 0 Å². The van der Waals surface area contributed by atoms with E-state index in [2.05, 4.69) is 31.3 Å². The smallest absolute Gasteiger partial charge is 0.254 e. The molecule has 4 bridgehead atoms. The van der Waals surface area contributed by atoms with Crippen molar-refractivity contribution >= 4 is 17.5 Å². The molecule has 2 unspecified atom stereocenters. The molecule has 2 atom stereocenters. The number of carbonyl (C=O) groups excluding carboxylic acids is 2. The molecule has 2 aromatic carbocycles. The number of nitrogens with one attached hydrogen (secondary N) is 1. The highest BCUT2D eigenvalue weighted by Crippen LogP contribution is 2.70. The van der Waals surface area contributed by atoms with Crippen LogP contribution in [-0.4, -0.2) is 23.3 Å². The molecule has 5 aliphatic rings. The van der Waals surface area contributed by atoms with Crippen molar-refractivity contribution in [3.63, 3.8) is 0 Å². The molecule has 1 aliphatic heterocycles. The molecule has 1 heterocycles. The van der Waals surface area contributed by atoms with Gasteiger partial charge in [0.1, 0.15) is 0 Å². The molecule has 2 aromatic rings. The first-order valence-corrected chi connectivity index (χ1v) is 13.0. The summed E-state index contributed by atoms with van der Waals surface area (Å²) in [5.74, 6) is 0.974. The molecule has 0 radical (unpaired) electrons. The lowest BCUT2D eigenvalue weighted by Crippen LogP contribution is -2.55. The number of carbonyl (C=O) groups is 2. The number of hydrogen-bond donors (Lipinski definition) is 1. The zero-order valence-corrected chi connectivity index (χ0v) is 20.5. The third kappa shape index (κ3) is 3.85. The molecular formula is C30H36N2O2. The van der Waals surface area contributed by atoms with Crippen LogP contribution in [0, 0.1) is 22.2 Å². The average molecular weight is 457 g/mol. The lowest BCUT2D eigenvalue weighted by atomic mass is 9.40. The lowest BCUT2D eigenvalue weighted by molar-refractivity contribution is -0.153. The normalized spacial score (nSPS) is 33.6. The Morgan fingerprint density at radius 1 is 0.971 bits per heavy atom. The summed E-state index contributed by atoms with van der Waals surface area (Å²) in [5, 5.41) is 3.25. The maximum absolute atomic E-state index is 13.4. The van der Waals surface area contributed by atoms with E-state index in [4.69, 9.17) is 0 Å². The standard InChI is InChI=1S/C30H36N2O2/c1-28-13-22-14-29(2,18-28)20-30(15-22,19-28)16-26(33)31-25-10-6-9-24-23(25)11-12-32(27(24)34)17-21-7-4-3-5-8-21/h3-10,22H,11-20H2,1-2H3,(H,31,33). The Bertz CT molecular complexity index is 1120. The van der Waals surface area contributed by atoms with E-state index in [9.17, 15) is 9.59 Å². The van der Waals surface area contributed by atoms with E-state index >= 15 is 0 Å². The van der Waals surface area contributed by atoms with Crippen LogP contribution in [-0.2, 0) is 17.8 Å². The van der Waals surface area contributed by atoms with Crippen molar-refractivity contribution < 1.29 is 9.59 Å². The van der Waals surface area contributed by atoms with Crippen LogP contribution in [0.25, 0.3) is 0 Å². The van der Waals surface area contributed by atoms with Gasteiger partial charge in [-0.3, -0.25) is 9.59 Å². The summed E-state index contributed by atoms with van der Waals surface area (Å²) in [7, 11) is 0. The minimum atomic E-state index is 0.0585. The molecular weight excluding hydrogens is 420 g/mol. The monoisotopic (exact) mass is 456 g/mol. The van der Waals surface area contributed by atoms with Crippen molar-refractivity contribution in [3.05, 3.63) is 65.2 Å². The SMILES string of the molecule is CC12CC3CC(C)(C1)CC(CC(=O)Nc1cccc4c1CCN(Cc1ccccc1)C4=O)(C3)C2. The van der Waals surface area contributed by atoms with Crippen molar-refractivity contribution in [3.8, 4) is 0 Å². The Morgan fingerprint density at radius 3 is 2.41 bits per heavy atom.